The average molecular weight is 271 g/mol. The molecule has 1 saturated heterocycles. The molecule has 7 heteroatoms. The smallest absolute Gasteiger partial charge is 0.354 e. The molecular weight excluding hydrogens is 258 g/mol. The topological polar surface area (TPSA) is 93.6 Å². The van der Waals surface area contributed by atoms with Gasteiger partial charge in [0.1, 0.15) is 5.69 Å². The van der Waals surface area contributed by atoms with Gasteiger partial charge >= 0.3 is 5.97 Å². The maximum Gasteiger partial charge on any atom is 0.354 e. The van der Waals surface area contributed by atoms with E-state index in [1.165, 1.54) is 12.1 Å². The Morgan fingerprint density at radius 2 is 2.28 bits per heavy atom. The van der Waals surface area contributed by atoms with Crippen LogP contribution < -0.4 is 0 Å². The number of rotatable bonds is 4. The van der Waals surface area contributed by atoms with Gasteiger partial charge in [-0.05, 0) is 24.5 Å². The van der Waals surface area contributed by atoms with Gasteiger partial charge < -0.3 is 9.84 Å². The molecule has 1 N–H and O–H groups in total. The molecule has 0 saturated carbocycles. The molecule has 0 bridgehead atoms. The molecule has 0 aliphatic carbocycles. The minimum Gasteiger partial charge on any atom is -0.477 e. The van der Waals surface area contributed by atoms with Crippen LogP contribution >= 0.6 is 0 Å². The van der Waals surface area contributed by atoms with E-state index in [2.05, 4.69) is 4.98 Å². The van der Waals surface area contributed by atoms with Crippen molar-refractivity contribution in [2.45, 2.75) is 11.3 Å². The second kappa shape index (κ2) is 5.03. The first kappa shape index (κ1) is 13.0. The molecule has 1 unspecified atom stereocenters. The molecule has 1 fully saturated rings. The molecule has 1 aliphatic rings. The van der Waals surface area contributed by atoms with Crippen LogP contribution in [0.2, 0.25) is 0 Å². The number of aromatic carboxylic acids is 1. The van der Waals surface area contributed by atoms with Gasteiger partial charge in [0.15, 0.2) is 9.84 Å². The Hall–Kier alpha value is -1.47. The van der Waals surface area contributed by atoms with Crippen molar-refractivity contribution in [2.24, 2.45) is 5.92 Å². The number of carboxylic acids is 1. The molecule has 0 radical (unpaired) electrons. The van der Waals surface area contributed by atoms with Gasteiger partial charge in [-0.15, -0.1) is 0 Å². The van der Waals surface area contributed by atoms with Crippen molar-refractivity contribution in [1.82, 2.24) is 4.98 Å². The normalized spacial score (nSPS) is 19.9. The van der Waals surface area contributed by atoms with Gasteiger partial charge in [0.25, 0.3) is 0 Å². The Bertz CT molecular complexity index is 531. The van der Waals surface area contributed by atoms with Gasteiger partial charge in [0.05, 0.1) is 17.3 Å². The summed E-state index contributed by atoms with van der Waals surface area (Å²) in [6, 6.07) is 2.47. The quantitative estimate of drug-likeness (QED) is 0.861. The van der Waals surface area contributed by atoms with Gasteiger partial charge in [-0.25, -0.2) is 18.2 Å². The van der Waals surface area contributed by atoms with Gasteiger partial charge in [0, 0.05) is 12.8 Å². The van der Waals surface area contributed by atoms with Crippen LogP contribution in [0, 0.1) is 5.92 Å². The molecule has 1 aromatic rings. The van der Waals surface area contributed by atoms with Crippen molar-refractivity contribution in [3.8, 4) is 0 Å². The van der Waals surface area contributed by atoms with Crippen molar-refractivity contribution in [3.63, 3.8) is 0 Å². The SMILES string of the molecule is O=C(O)c1ccc(S(=O)(=O)CC2CCOC2)cn1. The maximum absolute atomic E-state index is 12.0. The summed E-state index contributed by atoms with van der Waals surface area (Å²) in [5, 5.41) is 8.68. The molecule has 2 heterocycles. The fourth-order valence-electron chi connectivity index (χ4n) is 1.81. The number of carbonyl (C=O) groups is 1. The summed E-state index contributed by atoms with van der Waals surface area (Å²) >= 11 is 0. The first-order valence-electron chi connectivity index (χ1n) is 5.49. The summed E-state index contributed by atoms with van der Waals surface area (Å²) in [6.45, 7) is 1.05. The van der Waals surface area contributed by atoms with Gasteiger partial charge in [-0.1, -0.05) is 0 Å². The van der Waals surface area contributed by atoms with E-state index in [4.69, 9.17) is 9.84 Å². The minimum atomic E-state index is -3.42. The Morgan fingerprint density at radius 1 is 1.50 bits per heavy atom. The van der Waals surface area contributed by atoms with Crippen LogP contribution in [0.5, 0.6) is 0 Å². The van der Waals surface area contributed by atoms with E-state index < -0.39 is 15.8 Å². The van der Waals surface area contributed by atoms with E-state index in [9.17, 15) is 13.2 Å². The van der Waals surface area contributed by atoms with Crippen LogP contribution in [0.25, 0.3) is 0 Å². The number of hydrogen-bond acceptors (Lipinski definition) is 5. The third-order valence-electron chi connectivity index (χ3n) is 2.79. The zero-order chi connectivity index (χ0) is 13.2. The van der Waals surface area contributed by atoms with E-state index in [1.807, 2.05) is 0 Å². The predicted molar refractivity (Wildman–Crippen MR) is 62.2 cm³/mol. The number of hydrogen-bond donors (Lipinski definition) is 1. The van der Waals surface area contributed by atoms with Crippen molar-refractivity contribution >= 4 is 15.8 Å². The predicted octanol–water partition coefficient (Wildman–Crippen LogP) is 0.590. The average Bonchev–Trinajstić information content (AvgIpc) is 2.81. The molecule has 2 rings (SSSR count). The second-order valence-electron chi connectivity index (χ2n) is 4.20. The molecule has 0 amide bonds. The monoisotopic (exact) mass is 271 g/mol. The highest BCUT2D eigenvalue weighted by Gasteiger charge is 2.25. The van der Waals surface area contributed by atoms with Crippen molar-refractivity contribution in [2.75, 3.05) is 19.0 Å². The fraction of sp³-hybridized carbons (Fsp3) is 0.455. The summed E-state index contributed by atoms with van der Waals surface area (Å²) in [6.07, 6.45) is 1.83. The van der Waals surface area contributed by atoms with Crippen LogP contribution in [-0.2, 0) is 14.6 Å². The summed E-state index contributed by atoms with van der Waals surface area (Å²) in [4.78, 5) is 14.3. The first-order valence-corrected chi connectivity index (χ1v) is 7.14. The molecule has 1 aliphatic heterocycles. The standard InChI is InChI=1S/C11H13NO5S/c13-11(14)10-2-1-9(5-12-10)18(15,16)7-8-3-4-17-6-8/h1-2,5,8H,3-4,6-7H2,(H,13,14). The Labute approximate surface area is 105 Å². The molecule has 98 valence electrons. The number of nitrogens with zero attached hydrogens (tertiary/aromatic N) is 1. The Balaban J connectivity index is 2.16. The Morgan fingerprint density at radius 3 is 2.78 bits per heavy atom. The van der Waals surface area contributed by atoms with E-state index in [0.29, 0.717) is 13.2 Å². The third-order valence-corrected chi connectivity index (χ3v) is 4.66. The lowest BCUT2D eigenvalue weighted by atomic mass is 10.2. The summed E-state index contributed by atoms with van der Waals surface area (Å²) in [7, 11) is -3.42. The van der Waals surface area contributed by atoms with E-state index in [-0.39, 0.29) is 22.3 Å². The molecule has 1 atom stereocenters. The minimum absolute atomic E-state index is 0.00847. The Kier molecular flexibility index (Phi) is 3.63. The zero-order valence-corrected chi connectivity index (χ0v) is 10.4. The van der Waals surface area contributed by atoms with Crippen molar-refractivity contribution < 1.29 is 23.1 Å². The number of aromatic nitrogens is 1. The molecule has 6 nitrogen and oxygen atoms in total. The zero-order valence-electron chi connectivity index (χ0n) is 9.57. The molecule has 1 aromatic heterocycles. The van der Waals surface area contributed by atoms with E-state index >= 15 is 0 Å². The van der Waals surface area contributed by atoms with Crippen LogP contribution in [0.1, 0.15) is 16.9 Å². The highest BCUT2D eigenvalue weighted by atomic mass is 32.2. The molecule has 0 spiro atoms. The van der Waals surface area contributed by atoms with Crippen molar-refractivity contribution in [1.29, 1.82) is 0 Å². The molecule has 18 heavy (non-hydrogen) atoms. The molecule has 0 aromatic carbocycles. The van der Waals surface area contributed by atoms with Crippen LogP contribution in [0.3, 0.4) is 0 Å². The van der Waals surface area contributed by atoms with Gasteiger partial charge in [0.2, 0.25) is 0 Å². The lowest BCUT2D eigenvalue weighted by Crippen LogP contribution is -2.17. The maximum atomic E-state index is 12.0. The number of ether oxygens (including phenoxy) is 1. The number of sulfone groups is 1. The van der Waals surface area contributed by atoms with Crippen LogP contribution in [-0.4, -0.2) is 43.4 Å². The summed E-state index contributed by atoms with van der Waals surface area (Å²) in [5.41, 5.74) is -0.168. The fourth-order valence-corrected chi connectivity index (χ4v) is 3.38. The van der Waals surface area contributed by atoms with Gasteiger partial charge in [-0.2, -0.15) is 0 Å². The van der Waals surface area contributed by atoms with E-state index in [1.54, 1.807) is 0 Å². The third kappa shape index (κ3) is 2.85. The lowest BCUT2D eigenvalue weighted by Gasteiger charge is -2.08. The first-order chi connectivity index (χ1) is 8.49. The number of pyridine rings is 1. The summed E-state index contributed by atoms with van der Waals surface area (Å²) in [5.74, 6) is -1.15. The lowest BCUT2D eigenvalue weighted by molar-refractivity contribution is 0.0690. The second-order valence-corrected chi connectivity index (χ2v) is 6.23. The number of carboxylic acid groups (broad SMARTS) is 1. The largest absolute Gasteiger partial charge is 0.477 e. The van der Waals surface area contributed by atoms with Gasteiger partial charge in [-0.3, -0.25) is 0 Å². The van der Waals surface area contributed by atoms with Crippen LogP contribution in [0.4, 0.5) is 0 Å². The highest BCUT2D eigenvalue weighted by Crippen LogP contribution is 2.19. The van der Waals surface area contributed by atoms with Crippen molar-refractivity contribution in [3.05, 3.63) is 24.0 Å². The van der Waals surface area contributed by atoms with E-state index in [0.717, 1.165) is 12.6 Å². The summed E-state index contributed by atoms with van der Waals surface area (Å²) < 4.78 is 29.2. The molecular formula is C11H13NO5S. The highest BCUT2D eigenvalue weighted by molar-refractivity contribution is 7.91. The van der Waals surface area contributed by atoms with Crippen LogP contribution in [0.15, 0.2) is 23.2 Å².